The first-order chi connectivity index (χ1) is 42.6. The summed E-state index contributed by atoms with van der Waals surface area (Å²) in [6, 6.07) is 34.3. The second-order valence-corrected chi connectivity index (χ2v) is 23.8. The van der Waals surface area contributed by atoms with E-state index in [4.69, 9.17) is 18.6 Å². The van der Waals surface area contributed by atoms with Crippen molar-refractivity contribution in [1.29, 1.82) is 0 Å². The van der Waals surface area contributed by atoms with Gasteiger partial charge in [0.15, 0.2) is 34.0 Å². The van der Waals surface area contributed by atoms with Gasteiger partial charge < -0.3 is 34.4 Å². The molecule has 446 valence electrons. The van der Waals surface area contributed by atoms with Crippen LogP contribution in [0.5, 0.6) is 5.88 Å². The lowest BCUT2D eigenvalue weighted by Crippen LogP contribution is -2.46. The minimum Gasteiger partial charge on any atom is -0.473 e. The van der Waals surface area contributed by atoms with Crippen molar-refractivity contribution >= 4 is 62.2 Å². The molecule has 2 aliphatic carbocycles. The third-order valence-corrected chi connectivity index (χ3v) is 17.6. The molecule has 2 aromatic carbocycles. The first kappa shape index (κ1) is 58.1. The zero-order chi connectivity index (χ0) is 59.6. The Bertz CT molecular complexity index is 4100. The van der Waals surface area contributed by atoms with Gasteiger partial charge in [-0.25, -0.2) is 24.0 Å². The number of amides is 3. The van der Waals surface area contributed by atoms with Crippen molar-refractivity contribution in [1.82, 2.24) is 65.1 Å². The summed E-state index contributed by atoms with van der Waals surface area (Å²) in [5, 5.41) is 26.7. The Labute approximate surface area is 508 Å². The molecule has 3 aliphatic rings. The van der Waals surface area contributed by atoms with Crippen molar-refractivity contribution in [3.05, 3.63) is 173 Å². The van der Waals surface area contributed by atoms with Gasteiger partial charge in [0, 0.05) is 98.5 Å². The topological polar surface area (TPSA) is 218 Å². The number of thiophene rings is 1. The Balaban J connectivity index is 0.000000135. The van der Waals surface area contributed by atoms with Crippen LogP contribution in [0.1, 0.15) is 113 Å². The van der Waals surface area contributed by atoms with Crippen LogP contribution < -0.4 is 20.7 Å². The maximum absolute atomic E-state index is 13.2. The lowest BCUT2D eigenvalue weighted by atomic mass is 9.88. The van der Waals surface area contributed by atoms with E-state index in [1.165, 1.54) is 51.5 Å². The fourth-order valence-corrected chi connectivity index (χ4v) is 12.7. The van der Waals surface area contributed by atoms with Crippen molar-refractivity contribution in [2.24, 2.45) is 27.1 Å². The fourth-order valence-electron chi connectivity index (χ4n) is 12.1. The fraction of sp³-hybridized carbons (Fsp3) is 0.328. The molecular weight excluding hydrogens is 1110 g/mol. The number of nitrogens with one attached hydrogen (secondary N) is 3. The van der Waals surface area contributed by atoms with E-state index >= 15 is 0 Å². The van der Waals surface area contributed by atoms with Crippen LogP contribution in [0.25, 0.3) is 66.5 Å². The molecule has 2 saturated carbocycles. The zero-order valence-electron chi connectivity index (χ0n) is 49.2. The van der Waals surface area contributed by atoms with Gasteiger partial charge in [-0.15, -0.1) is 11.3 Å². The molecule has 3 amide bonds. The minimum atomic E-state index is -0.208. The van der Waals surface area contributed by atoms with Crippen molar-refractivity contribution in [2.45, 2.75) is 95.9 Å². The molecule has 14 rings (SSSR count). The number of rotatable bonds is 15. The van der Waals surface area contributed by atoms with Gasteiger partial charge in [0.1, 0.15) is 6.61 Å². The van der Waals surface area contributed by atoms with E-state index in [2.05, 4.69) is 70.4 Å². The van der Waals surface area contributed by atoms with E-state index in [-0.39, 0.29) is 29.8 Å². The van der Waals surface area contributed by atoms with Crippen molar-refractivity contribution in [3.8, 4) is 39.3 Å². The number of hydrogen-bond acceptors (Lipinski definition) is 14. The lowest BCUT2D eigenvalue weighted by Gasteiger charge is -2.35. The normalized spacial score (nSPS) is 15.0. The van der Waals surface area contributed by atoms with Gasteiger partial charge in [0.25, 0.3) is 17.7 Å². The number of pyridine rings is 3. The number of carbonyl (C=O) groups excluding carboxylic acids is 3. The number of ether oxygens (including phenoxy) is 1. The number of carbonyl (C=O) groups is 3. The standard InChI is InChI=1S/C33H39N5O2.C17H14N4O2S.C17H18N4O2/c1-37-32-29(16-17-30(35-32)40-23-26-14-8-9-15-28(26)25-12-6-3-7-13-25)31(36-37)33(39)34-27-18-20-38(21-19-27)22-24-10-4-2-5-11-24;1-21-16-14(7-12(8-18-16)11-4-5-23-10-11)15(20-21)17(22)19-9-13-3-2-6-24-13;1-21-16-14(8-12(9-18-16)11-6-7-23-10-11)15(20-21)17(22)19-13-4-2-3-5-13/h3,6-9,12-17,24,27H,2,4-5,10-11,18-23H2,1H3,(H,34,39);2-8,10H,9H2,1H3,(H,19,22);6-10,13H,2-5H2,1H3,(H,19,22). The molecule has 87 heavy (non-hydrogen) atoms. The number of benzene rings is 2. The monoisotopic (exact) mass is 1190 g/mol. The van der Waals surface area contributed by atoms with Crippen LogP contribution in [0.15, 0.2) is 155 Å². The number of hydrogen-bond donors (Lipinski definition) is 3. The number of furan rings is 2. The number of likely N-dealkylation sites (tertiary alicyclic amines) is 1. The van der Waals surface area contributed by atoms with Gasteiger partial charge >= 0.3 is 0 Å². The number of fused-ring (bicyclic) bond motifs is 3. The summed E-state index contributed by atoms with van der Waals surface area (Å²) in [6.45, 7) is 4.22. The van der Waals surface area contributed by atoms with E-state index in [1.807, 2.05) is 91.3 Å². The van der Waals surface area contributed by atoms with Crippen LogP contribution in [-0.4, -0.2) is 98.6 Å². The number of aromatic nitrogens is 9. The van der Waals surface area contributed by atoms with Crippen LogP contribution >= 0.6 is 11.3 Å². The molecule has 20 heteroatoms. The molecule has 0 atom stereocenters. The van der Waals surface area contributed by atoms with Crippen LogP contribution in [0, 0.1) is 5.92 Å². The van der Waals surface area contributed by atoms with Crippen molar-refractivity contribution in [2.75, 3.05) is 19.6 Å². The molecule has 9 aromatic heterocycles. The molecule has 3 fully saturated rings. The second kappa shape index (κ2) is 27.0. The molecule has 1 saturated heterocycles. The molecule has 19 nitrogen and oxygen atoms in total. The van der Waals surface area contributed by atoms with Crippen molar-refractivity contribution < 1.29 is 28.0 Å². The molecule has 0 radical (unpaired) electrons. The Morgan fingerprint density at radius 3 is 1.76 bits per heavy atom. The SMILES string of the molecule is Cn1nc(C(=O)NC2CCCC2)c2cc(-c3ccoc3)cnc21.Cn1nc(C(=O)NC2CCN(CC3CCCCC3)CC2)c2ccc(OCc3ccccc3-c3ccccc3)nc21.Cn1nc(C(=O)NCc2cccs2)c2cc(-c3ccoc3)cnc21. The Morgan fingerprint density at radius 2 is 1.15 bits per heavy atom. The van der Waals surface area contributed by atoms with Crippen LogP contribution in [0.4, 0.5) is 0 Å². The first-order valence-corrected chi connectivity index (χ1v) is 30.9. The summed E-state index contributed by atoms with van der Waals surface area (Å²) in [5.41, 5.74) is 10.3. The van der Waals surface area contributed by atoms with E-state index < -0.39 is 0 Å². The summed E-state index contributed by atoms with van der Waals surface area (Å²) < 4.78 is 21.3. The van der Waals surface area contributed by atoms with Gasteiger partial charge in [-0.1, -0.05) is 92.8 Å². The second-order valence-electron chi connectivity index (χ2n) is 22.7. The molecule has 0 unspecified atom stereocenters. The van der Waals surface area contributed by atoms with Crippen LogP contribution in [-0.2, 0) is 34.3 Å². The third kappa shape index (κ3) is 13.7. The average Bonchev–Trinajstić information content (AvgIpc) is 3.61. The zero-order valence-corrected chi connectivity index (χ0v) is 50.0. The summed E-state index contributed by atoms with van der Waals surface area (Å²) in [7, 11) is 5.41. The third-order valence-electron chi connectivity index (χ3n) is 16.7. The highest BCUT2D eigenvalue weighted by Gasteiger charge is 2.27. The Hall–Kier alpha value is -9.27. The van der Waals surface area contributed by atoms with Crippen molar-refractivity contribution in [3.63, 3.8) is 0 Å². The van der Waals surface area contributed by atoms with Crippen LogP contribution in [0.3, 0.4) is 0 Å². The molecule has 0 spiro atoms. The first-order valence-electron chi connectivity index (χ1n) is 30.0. The lowest BCUT2D eigenvalue weighted by molar-refractivity contribution is 0.0895. The molecule has 1 aliphatic heterocycles. The Kier molecular flexibility index (Phi) is 18.0. The Morgan fingerprint density at radius 1 is 0.575 bits per heavy atom. The highest BCUT2D eigenvalue weighted by atomic mass is 32.1. The molecular formula is C67H71N13O6S. The maximum Gasteiger partial charge on any atom is 0.272 e. The van der Waals surface area contributed by atoms with Crippen LogP contribution in [0.2, 0.25) is 0 Å². The summed E-state index contributed by atoms with van der Waals surface area (Å²) in [4.78, 5) is 55.6. The summed E-state index contributed by atoms with van der Waals surface area (Å²) in [5.74, 6) is 0.924. The van der Waals surface area contributed by atoms with E-state index in [0.717, 1.165) is 105 Å². The molecule has 3 N–H and O–H groups in total. The van der Waals surface area contributed by atoms with Gasteiger partial charge in [0.2, 0.25) is 5.88 Å². The molecule has 11 aromatic rings. The summed E-state index contributed by atoms with van der Waals surface area (Å²) in [6.07, 6.45) is 23.4. The number of aryl methyl sites for hydroxylation is 3. The van der Waals surface area contributed by atoms with Gasteiger partial charge in [-0.3, -0.25) is 14.4 Å². The predicted molar refractivity (Wildman–Crippen MR) is 336 cm³/mol. The smallest absolute Gasteiger partial charge is 0.272 e. The quantitative estimate of drug-likeness (QED) is 0.0871. The molecule has 0 bridgehead atoms. The highest BCUT2D eigenvalue weighted by molar-refractivity contribution is 7.09. The number of nitrogens with zero attached hydrogens (tertiary/aromatic N) is 10. The molecule has 10 heterocycles. The average molecular weight is 1190 g/mol. The predicted octanol–water partition coefficient (Wildman–Crippen LogP) is 12.1. The number of piperidine rings is 1. The van der Waals surface area contributed by atoms with Gasteiger partial charge in [-0.2, -0.15) is 20.3 Å². The largest absolute Gasteiger partial charge is 0.473 e. The minimum absolute atomic E-state index is 0.117. The maximum atomic E-state index is 13.2. The highest BCUT2D eigenvalue weighted by Crippen LogP contribution is 2.31. The van der Waals surface area contributed by atoms with Gasteiger partial charge in [-0.05, 0) is 103 Å². The van der Waals surface area contributed by atoms with E-state index in [0.29, 0.717) is 53.1 Å². The van der Waals surface area contributed by atoms with E-state index in [9.17, 15) is 14.4 Å². The summed E-state index contributed by atoms with van der Waals surface area (Å²) >= 11 is 1.61. The van der Waals surface area contributed by atoms with Gasteiger partial charge in [0.05, 0.1) is 47.8 Å². The van der Waals surface area contributed by atoms with E-state index in [1.54, 1.807) is 76.9 Å².